The molecule has 0 bridgehead atoms. The number of hydrogen-bond acceptors (Lipinski definition) is 5. The summed E-state index contributed by atoms with van der Waals surface area (Å²) in [6.07, 6.45) is 3.10. The Morgan fingerprint density at radius 1 is 1.07 bits per heavy atom. The smallest absolute Gasteiger partial charge is 0.281 e. The van der Waals surface area contributed by atoms with Crippen molar-refractivity contribution in [1.82, 2.24) is 4.98 Å². The molecule has 1 amide bonds. The molecule has 5 rings (SSSR count). The highest BCUT2D eigenvalue weighted by molar-refractivity contribution is 7.22. The zero-order valence-electron chi connectivity index (χ0n) is 16.1. The van der Waals surface area contributed by atoms with Crippen LogP contribution in [0.25, 0.3) is 21.0 Å². The number of aromatic nitrogens is 1. The molecular weight excluding hydrogens is 394 g/mol. The van der Waals surface area contributed by atoms with Gasteiger partial charge in [-0.2, -0.15) is 10.1 Å². The van der Waals surface area contributed by atoms with E-state index in [1.165, 1.54) is 22.6 Å². The van der Waals surface area contributed by atoms with Gasteiger partial charge in [0, 0.05) is 5.56 Å². The molecule has 2 heterocycles. The third-order valence-electron chi connectivity index (χ3n) is 4.77. The predicted octanol–water partition coefficient (Wildman–Crippen LogP) is 6.03. The fraction of sp³-hybridized carbons (Fsp3) is 0.0417. The molecule has 0 atom stereocenters. The Balaban J connectivity index is 1.63. The number of benzene rings is 3. The molecule has 0 aliphatic heterocycles. The second-order valence-corrected chi connectivity index (χ2v) is 7.88. The third kappa shape index (κ3) is 3.38. The number of hydrazone groups is 1. The first kappa shape index (κ1) is 18.3. The van der Waals surface area contributed by atoms with E-state index in [9.17, 15) is 4.79 Å². The summed E-state index contributed by atoms with van der Waals surface area (Å²) >= 11 is 1.43. The van der Waals surface area contributed by atoms with Gasteiger partial charge in [-0.25, -0.2) is 4.98 Å². The predicted molar refractivity (Wildman–Crippen MR) is 121 cm³/mol. The van der Waals surface area contributed by atoms with Crippen LogP contribution in [-0.4, -0.2) is 17.1 Å². The van der Waals surface area contributed by atoms with Crippen molar-refractivity contribution in [2.45, 2.75) is 6.92 Å². The van der Waals surface area contributed by atoms with Crippen molar-refractivity contribution >= 4 is 49.6 Å². The van der Waals surface area contributed by atoms with E-state index in [4.69, 9.17) is 4.42 Å². The number of thiazole rings is 1. The molecule has 0 N–H and O–H groups in total. The average Bonchev–Trinajstić information content (AvgIpc) is 3.43. The maximum atomic E-state index is 13.6. The van der Waals surface area contributed by atoms with Crippen molar-refractivity contribution in [3.05, 3.63) is 95.9 Å². The molecule has 0 unspecified atom stereocenters. The molecule has 6 heteroatoms. The number of anilines is 1. The summed E-state index contributed by atoms with van der Waals surface area (Å²) in [5.74, 6) is 0.313. The first-order valence-corrected chi connectivity index (χ1v) is 10.3. The number of amides is 1. The van der Waals surface area contributed by atoms with Gasteiger partial charge < -0.3 is 4.42 Å². The summed E-state index contributed by atoms with van der Waals surface area (Å²) in [4.78, 5) is 18.3. The molecule has 0 saturated carbocycles. The van der Waals surface area contributed by atoms with Crippen LogP contribution in [0, 0.1) is 6.92 Å². The lowest BCUT2D eigenvalue weighted by atomic mass is 10.0. The Morgan fingerprint density at radius 3 is 2.80 bits per heavy atom. The maximum Gasteiger partial charge on any atom is 0.281 e. The van der Waals surface area contributed by atoms with Crippen LogP contribution in [0.3, 0.4) is 0 Å². The van der Waals surface area contributed by atoms with E-state index in [1.807, 2.05) is 61.5 Å². The van der Waals surface area contributed by atoms with Gasteiger partial charge in [0.1, 0.15) is 5.76 Å². The van der Waals surface area contributed by atoms with Crippen LogP contribution in [0.5, 0.6) is 0 Å². The fourth-order valence-corrected chi connectivity index (χ4v) is 4.32. The van der Waals surface area contributed by atoms with Crippen LogP contribution in [0.4, 0.5) is 5.13 Å². The molecule has 5 nitrogen and oxygen atoms in total. The number of rotatable bonds is 4. The van der Waals surface area contributed by atoms with Crippen LogP contribution >= 0.6 is 11.3 Å². The van der Waals surface area contributed by atoms with Gasteiger partial charge in [0.2, 0.25) is 5.13 Å². The highest BCUT2D eigenvalue weighted by Crippen LogP contribution is 2.31. The van der Waals surface area contributed by atoms with Crippen LogP contribution < -0.4 is 5.01 Å². The van der Waals surface area contributed by atoms with Gasteiger partial charge >= 0.3 is 0 Å². The van der Waals surface area contributed by atoms with Crippen molar-refractivity contribution in [3.8, 4) is 0 Å². The standard InChI is InChI=1S/C24H17N3O2S/c1-16-11-12-21-22(14-16)30-24(26-21)27(25-15-18-8-5-13-29-18)23(28)20-10-4-7-17-6-2-3-9-19(17)20/h2-15H,1H3/b25-15+. The summed E-state index contributed by atoms with van der Waals surface area (Å²) in [7, 11) is 0. The van der Waals surface area contributed by atoms with E-state index in [0.717, 1.165) is 26.6 Å². The molecule has 30 heavy (non-hydrogen) atoms. The van der Waals surface area contributed by atoms with Crippen molar-refractivity contribution in [3.63, 3.8) is 0 Å². The second kappa shape index (κ2) is 7.57. The van der Waals surface area contributed by atoms with Gasteiger partial charge in [-0.1, -0.05) is 53.8 Å². The van der Waals surface area contributed by atoms with Gasteiger partial charge in [0.05, 0.1) is 22.7 Å². The number of carbonyl (C=O) groups excluding carboxylic acids is 1. The molecule has 0 spiro atoms. The Bertz CT molecular complexity index is 1380. The number of aryl methyl sites for hydroxylation is 1. The van der Waals surface area contributed by atoms with Crippen molar-refractivity contribution < 1.29 is 9.21 Å². The lowest BCUT2D eigenvalue weighted by Gasteiger charge is -2.15. The van der Waals surface area contributed by atoms with Gasteiger partial charge in [-0.3, -0.25) is 4.79 Å². The normalized spacial score (nSPS) is 11.5. The van der Waals surface area contributed by atoms with E-state index in [-0.39, 0.29) is 5.91 Å². The molecule has 2 aromatic heterocycles. The summed E-state index contributed by atoms with van der Waals surface area (Å²) < 4.78 is 6.35. The van der Waals surface area contributed by atoms with E-state index in [2.05, 4.69) is 16.2 Å². The molecule has 0 aliphatic rings. The Morgan fingerprint density at radius 2 is 1.93 bits per heavy atom. The molecule has 146 valence electrons. The largest absolute Gasteiger partial charge is 0.463 e. The van der Waals surface area contributed by atoms with E-state index >= 15 is 0 Å². The van der Waals surface area contributed by atoms with E-state index < -0.39 is 0 Å². The number of carbonyl (C=O) groups is 1. The number of fused-ring (bicyclic) bond motifs is 2. The number of hydrogen-bond donors (Lipinski definition) is 0. The van der Waals surface area contributed by atoms with Crippen molar-refractivity contribution in [1.29, 1.82) is 0 Å². The van der Waals surface area contributed by atoms with Crippen LogP contribution in [0.15, 0.2) is 88.6 Å². The summed E-state index contributed by atoms with van der Waals surface area (Å²) in [5.41, 5.74) is 2.55. The Kier molecular flexibility index (Phi) is 4.61. The Hall–Kier alpha value is -3.77. The number of furan rings is 1. The zero-order chi connectivity index (χ0) is 20.5. The van der Waals surface area contributed by atoms with Gasteiger partial charge in [-0.05, 0) is 53.6 Å². The molecule has 3 aromatic carbocycles. The monoisotopic (exact) mass is 411 g/mol. The summed E-state index contributed by atoms with van der Waals surface area (Å²) in [6, 6.07) is 23.1. The second-order valence-electron chi connectivity index (χ2n) is 6.87. The molecule has 0 aliphatic carbocycles. The fourth-order valence-electron chi connectivity index (χ4n) is 3.30. The number of nitrogens with zero attached hydrogens (tertiary/aromatic N) is 3. The van der Waals surface area contributed by atoms with Gasteiger partial charge in [0.25, 0.3) is 5.91 Å². The summed E-state index contributed by atoms with van der Waals surface area (Å²) in [6.45, 7) is 2.03. The average molecular weight is 411 g/mol. The summed E-state index contributed by atoms with van der Waals surface area (Å²) in [5, 5.41) is 8.19. The minimum absolute atomic E-state index is 0.245. The zero-order valence-corrected chi connectivity index (χ0v) is 17.0. The minimum atomic E-state index is -0.245. The quantitative estimate of drug-likeness (QED) is 0.268. The SMILES string of the molecule is Cc1ccc2nc(N(/N=C/c3ccco3)C(=O)c3cccc4ccccc34)sc2c1. The minimum Gasteiger partial charge on any atom is -0.463 e. The topological polar surface area (TPSA) is 58.7 Å². The molecule has 5 aromatic rings. The van der Waals surface area contributed by atoms with Crippen LogP contribution in [0.1, 0.15) is 21.7 Å². The van der Waals surface area contributed by atoms with E-state index in [0.29, 0.717) is 16.5 Å². The lowest BCUT2D eigenvalue weighted by molar-refractivity contribution is 0.0989. The van der Waals surface area contributed by atoms with E-state index in [1.54, 1.807) is 18.4 Å². The van der Waals surface area contributed by atoms with Crippen molar-refractivity contribution in [2.24, 2.45) is 5.10 Å². The first-order chi connectivity index (χ1) is 14.7. The molecule has 0 fully saturated rings. The molecule has 0 radical (unpaired) electrons. The van der Waals surface area contributed by atoms with Crippen LogP contribution in [-0.2, 0) is 0 Å². The first-order valence-electron chi connectivity index (χ1n) is 9.46. The van der Waals surface area contributed by atoms with Gasteiger partial charge in [-0.15, -0.1) is 0 Å². The Labute approximate surface area is 176 Å². The van der Waals surface area contributed by atoms with Crippen molar-refractivity contribution in [2.75, 3.05) is 5.01 Å². The van der Waals surface area contributed by atoms with Crippen LogP contribution in [0.2, 0.25) is 0 Å². The maximum absolute atomic E-state index is 13.6. The highest BCUT2D eigenvalue weighted by atomic mass is 32.1. The van der Waals surface area contributed by atoms with Gasteiger partial charge in [0.15, 0.2) is 0 Å². The third-order valence-corrected chi connectivity index (χ3v) is 5.76. The molecular formula is C24H17N3O2S. The molecule has 0 saturated heterocycles. The highest BCUT2D eigenvalue weighted by Gasteiger charge is 2.22. The lowest BCUT2D eigenvalue weighted by Crippen LogP contribution is -2.25.